The second kappa shape index (κ2) is 6.59. The molecule has 3 aromatic rings. The van der Waals surface area contributed by atoms with Crippen LogP contribution in [0.25, 0.3) is 10.9 Å². The molecule has 4 rings (SSSR count). The van der Waals surface area contributed by atoms with E-state index in [1.165, 1.54) is 0 Å². The van der Waals surface area contributed by atoms with E-state index in [1.807, 2.05) is 40.9 Å². The molecule has 2 aromatic heterocycles. The van der Waals surface area contributed by atoms with Crippen molar-refractivity contribution in [2.45, 2.75) is 25.6 Å². The van der Waals surface area contributed by atoms with Gasteiger partial charge >= 0.3 is 0 Å². The Morgan fingerprint density at radius 3 is 2.92 bits per heavy atom. The van der Waals surface area contributed by atoms with Crippen LogP contribution in [0.15, 0.2) is 36.5 Å². The molecule has 136 valence electrons. The predicted octanol–water partition coefficient (Wildman–Crippen LogP) is 0.985. The zero-order valence-electron chi connectivity index (χ0n) is 14.7. The molecule has 1 aromatic carbocycles. The molecule has 1 atom stereocenters. The molecule has 0 radical (unpaired) electrons. The maximum atomic E-state index is 12.8. The van der Waals surface area contributed by atoms with Crippen molar-refractivity contribution < 1.29 is 15.0 Å². The number of carbonyl (C=O) groups excluding carboxylic acids is 1. The van der Waals surface area contributed by atoms with Crippen LogP contribution in [-0.2, 0) is 31.4 Å². The van der Waals surface area contributed by atoms with Crippen molar-refractivity contribution >= 4 is 16.8 Å². The first-order valence-electron chi connectivity index (χ1n) is 8.73. The molecule has 1 aliphatic rings. The van der Waals surface area contributed by atoms with Gasteiger partial charge in [-0.15, -0.1) is 0 Å². The Morgan fingerprint density at radius 1 is 1.31 bits per heavy atom. The minimum Gasteiger partial charge on any atom is -0.393 e. The summed E-state index contributed by atoms with van der Waals surface area (Å²) < 4.78 is 3.85. The molecule has 1 aliphatic heterocycles. The van der Waals surface area contributed by atoms with Crippen molar-refractivity contribution in [3.05, 3.63) is 53.5 Å². The molecular weight excluding hydrogens is 332 g/mol. The molecule has 1 amide bonds. The molecule has 0 saturated heterocycles. The van der Waals surface area contributed by atoms with Gasteiger partial charge in [-0.05, 0) is 17.7 Å². The molecule has 0 bridgehead atoms. The summed E-state index contributed by atoms with van der Waals surface area (Å²) in [5.41, 5.74) is 3.48. The smallest absolute Gasteiger partial charge is 0.227 e. The van der Waals surface area contributed by atoms with Gasteiger partial charge in [-0.25, -0.2) is 0 Å². The van der Waals surface area contributed by atoms with Crippen LogP contribution >= 0.6 is 0 Å². The molecule has 0 saturated carbocycles. The van der Waals surface area contributed by atoms with Gasteiger partial charge in [0.15, 0.2) is 0 Å². The number of benzene rings is 1. The molecule has 3 heterocycles. The molecule has 0 aliphatic carbocycles. The number of para-hydroxylation sites is 1. The molecule has 0 fully saturated rings. The van der Waals surface area contributed by atoms with Crippen LogP contribution in [0, 0.1) is 0 Å². The monoisotopic (exact) mass is 354 g/mol. The van der Waals surface area contributed by atoms with Gasteiger partial charge in [0.2, 0.25) is 5.91 Å². The van der Waals surface area contributed by atoms with Crippen molar-refractivity contribution in [2.24, 2.45) is 7.05 Å². The van der Waals surface area contributed by atoms with Crippen LogP contribution in [0.1, 0.15) is 23.1 Å². The largest absolute Gasteiger partial charge is 0.393 e. The second-order valence-corrected chi connectivity index (χ2v) is 6.76. The van der Waals surface area contributed by atoms with E-state index in [9.17, 15) is 9.90 Å². The quantitative estimate of drug-likeness (QED) is 0.732. The van der Waals surface area contributed by atoms with Crippen molar-refractivity contribution in [1.82, 2.24) is 19.2 Å². The lowest BCUT2D eigenvalue weighted by atomic mass is 10.1. The predicted molar refractivity (Wildman–Crippen MR) is 96.3 cm³/mol. The highest BCUT2D eigenvalue weighted by molar-refractivity contribution is 5.89. The number of amides is 1. The van der Waals surface area contributed by atoms with Crippen LogP contribution in [-0.4, -0.2) is 48.5 Å². The lowest BCUT2D eigenvalue weighted by Crippen LogP contribution is -2.39. The van der Waals surface area contributed by atoms with Gasteiger partial charge in [-0.3, -0.25) is 9.48 Å². The van der Waals surface area contributed by atoms with Crippen molar-refractivity contribution in [2.75, 3.05) is 13.2 Å². The molecule has 7 nitrogen and oxygen atoms in total. The zero-order chi connectivity index (χ0) is 18.3. The number of rotatable bonds is 4. The highest BCUT2D eigenvalue weighted by atomic mass is 16.3. The number of aromatic nitrogens is 3. The molecule has 7 heteroatoms. The van der Waals surface area contributed by atoms with Crippen LogP contribution in [0.5, 0.6) is 0 Å². The van der Waals surface area contributed by atoms with Crippen LogP contribution in [0.3, 0.4) is 0 Å². The summed E-state index contributed by atoms with van der Waals surface area (Å²) in [5, 5.41) is 24.2. The van der Waals surface area contributed by atoms with E-state index >= 15 is 0 Å². The number of hydrogen-bond donors (Lipinski definition) is 2. The van der Waals surface area contributed by atoms with Crippen LogP contribution in [0.4, 0.5) is 0 Å². The van der Waals surface area contributed by atoms with E-state index in [-0.39, 0.29) is 12.5 Å². The standard InChI is InChI=1S/C19H22N4O3/c1-21-10-13(15-4-2-3-5-17(15)21)8-19(26)22-6-7-23-14(11-22)9-16(20-23)18(25)12-24/h2-5,9-10,18,24-25H,6-8,11-12H2,1H3/t18-/m1/s1. The summed E-state index contributed by atoms with van der Waals surface area (Å²) in [6.07, 6.45) is 1.40. The number of carbonyl (C=O) groups is 1. The van der Waals surface area contributed by atoms with Gasteiger partial charge in [0.1, 0.15) is 6.10 Å². The highest BCUT2D eigenvalue weighted by Crippen LogP contribution is 2.23. The molecular formula is C19H22N4O3. The normalized spacial score (nSPS) is 15.3. The second-order valence-electron chi connectivity index (χ2n) is 6.76. The Bertz CT molecular complexity index is 959. The lowest BCUT2D eigenvalue weighted by molar-refractivity contribution is -0.131. The van der Waals surface area contributed by atoms with Crippen LogP contribution < -0.4 is 0 Å². The van der Waals surface area contributed by atoms with Crippen molar-refractivity contribution in [1.29, 1.82) is 0 Å². The van der Waals surface area contributed by atoms with Crippen LogP contribution in [0.2, 0.25) is 0 Å². The number of aliphatic hydroxyl groups excluding tert-OH is 2. The van der Waals surface area contributed by atoms with E-state index in [2.05, 4.69) is 11.2 Å². The third-order valence-corrected chi connectivity index (χ3v) is 5.00. The van der Waals surface area contributed by atoms with Crippen molar-refractivity contribution in [3.8, 4) is 0 Å². The minimum absolute atomic E-state index is 0.0815. The van der Waals surface area contributed by atoms with E-state index in [4.69, 9.17) is 5.11 Å². The summed E-state index contributed by atoms with van der Waals surface area (Å²) in [5.74, 6) is 0.0815. The minimum atomic E-state index is -0.979. The first-order valence-corrected chi connectivity index (χ1v) is 8.73. The number of aryl methyl sites for hydroxylation is 1. The number of fused-ring (bicyclic) bond motifs is 2. The van der Waals surface area contributed by atoms with E-state index in [1.54, 1.807) is 10.7 Å². The van der Waals surface area contributed by atoms with Crippen molar-refractivity contribution in [3.63, 3.8) is 0 Å². The maximum Gasteiger partial charge on any atom is 0.227 e. The third kappa shape index (κ3) is 2.89. The Labute approximate surface area is 151 Å². The van der Waals surface area contributed by atoms with Gasteiger partial charge in [0.05, 0.1) is 37.5 Å². The Morgan fingerprint density at radius 2 is 2.12 bits per heavy atom. The number of hydrogen-bond acceptors (Lipinski definition) is 4. The number of nitrogens with zero attached hydrogens (tertiary/aromatic N) is 4. The summed E-state index contributed by atoms with van der Waals surface area (Å²) in [6.45, 7) is 1.29. The average Bonchev–Trinajstić information content (AvgIpc) is 3.22. The molecule has 26 heavy (non-hydrogen) atoms. The highest BCUT2D eigenvalue weighted by Gasteiger charge is 2.24. The van der Waals surface area contributed by atoms with E-state index < -0.39 is 6.10 Å². The van der Waals surface area contributed by atoms with Gasteiger partial charge in [0, 0.05) is 30.7 Å². The molecule has 0 unspecified atom stereocenters. The van der Waals surface area contributed by atoms with Gasteiger partial charge in [-0.1, -0.05) is 18.2 Å². The Kier molecular flexibility index (Phi) is 4.26. The first-order chi connectivity index (χ1) is 12.6. The maximum absolute atomic E-state index is 12.8. The first kappa shape index (κ1) is 16.8. The fourth-order valence-corrected chi connectivity index (χ4v) is 3.60. The SMILES string of the molecule is Cn1cc(CC(=O)N2CCn3nc([C@H](O)CO)cc3C2)c2ccccc21. The zero-order valence-corrected chi connectivity index (χ0v) is 14.7. The summed E-state index contributed by atoms with van der Waals surface area (Å²) >= 11 is 0. The van der Waals surface area contributed by atoms with Gasteiger partial charge in [0.25, 0.3) is 0 Å². The van der Waals surface area contributed by atoms with Gasteiger partial charge in [-0.2, -0.15) is 5.10 Å². The summed E-state index contributed by atoms with van der Waals surface area (Å²) in [6, 6.07) is 9.85. The Balaban J connectivity index is 1.51. The molecule has 2 N–H and O–H groups in total. The lowest BCUT2D eigenvalue weighted by Gasteiger charge is -2.27. The number of aliphatic hydroxyl groups is 2. The fraction of sp³-hybridized carbons (Fsp3) is 0.368. The van der Waals surface area contributed by atoms with Gasteiger partial charge < -0.3 is 19.7 Å². The van der Waals surface area contributed by atoms with E-state index in [0.717, 1.165) is 22.2 Å². The average molecular weight is 354 g/mol. The Hall–Kier alpha value is -2.64. The summed E-state index contributed by atoms with van der Waals surface area (Å²) in [4.78, 5) is 14.7. The topological polar surface area (TPSA) is 83.5 Å². The fourth-order valence-electron chi connectivity index (χ4n) is 3.60. The summed E-state index contributed by atoms with van der Waals surface area (Å²) in [7, 11) is 1.99. The third-order valence-electron chi connectivity index (χ3n) is 5.00. The van der Waals surface area contributed by atoms with E-state index in [0.29, 0.717) is 31.7 Å². The molecule has 0 spiro atoms.